The van der Waals surface area contributed by atoms with E-state index in [0.29, 0.717) is 19.7 Å². The summed E-state index contributed by atoms with van der Waals surface area (Å²) in [5.41, 5.74) is 0. The molecule has 2 unspecified atom stereocenters. The molecule has 2 atom stereocenters. The van der Waals surface area contributed by atoms with Crippen LogP contribution in [0.3, 0.4) is 0 Å². The molecule has 0 N–H and O–H groups in total. The monoisotopic (exact) mass is 221 g/mol. The standard InChI is InChI=1S/C9H16FNO2S/c1-7(14-2)9(12)11-3-4-13-8(5-10)6-11/h7-8H,3-6H2,1-2H3. The zero-order chi connectivity index (χ0) is 10.6. The predicted molar refractivity (Wildman–Crippen MR) is 55.3 cm³/mol. The maximum Gasteiger partial charge on any atom is 0.235 e. The molecule has 0 saturated carbocycles. The van der Waals surface area contributed by atoms with Crippen LogP contribution in [0.25, 0.3) is 0 Å². The van der Waals surface area contributed by atoms with Gasteiger partial charge in [-0.3, -0.25) is 4.79 Å². The van der Waals surface area contributed by atoms with Crippen molar-refractivity contribution < 1.29 is 13.9 Å². The fourth-order valence-corrected chi connectivity index (χ4v) is 1.72. The molecule has 0 aromatic heterocycles. The maximum atomic E-state index is 12.3. The Morgan fingerprint density at radius 2 is 2.50 bits per heavy atom. The van der Waals surface area contributed by atoms with Gasteiger partial charge in [0.15, 0.2) is 0 Å². The molecule has 0 aromatic rings. The van der Waals surface area contributed by atoms with Gasteiger partial charge in [-0.05, 0) is 13.2 Å². The molecule has 1 fully saturated rings. The Morgan fingerprint density at radius 3 is 3.07 bits per heavy atom. The first-order valence-corrected chi connectivity index (χ1v) is 5.97. The van der Waals surface area contributed by atoms with Crippen molar-refractivity contribution in [2.45, 2.75) is 18.3 Å². The van der Waals surface area contributed by atoms with E-state index >= 15 is 0 Å². The molecule has 1 aliphatic rings. The van der Waals surface area contributed by atoms with Crippen molar-refractivity contribution in [1.29, 1.82) is 0 Å². The number of carbonyl (C=O) groups is 1. The van der Waals surface area contributed by atoms with E-state index in [2.05, 4.69) is 0 Å². The molecule has 0 spiro atoms. The minimum atomic E-state index is -0.516. The van der Waals surface area contributed by atoms with Crippen molar-refractivity contribution in [2.75, 3.05) is 32.6 Å². The normalized spacial score (nSPS) is 24.8. The van der Waals surface area contributed by atoms with Crippen LogP contribution in [0.4, 0.5) is 4.39 Å². The zero-order valence-corrected chi connectivity index (χ0v) is 9.35. The van der Waals surface area contributed by atoms with Gasteiger partial charge in [0, 0.05) is 13.1 Å². The van der Waals surface area contributed by atoms with Crippen molar-refractivity contribution in [3.05, 3.63) is 0 Å². The number of alkyl halides is 1. The van der Waals surface area contributed by atoms with Gasteiger partial charge in [-0.15, -0.1) is 0 Å². The average molecular weight is 221 g/mol. The van der Waals surface area contributed by atoms with Gasteiger partial charge in [-0.1, -0.05) is 0 Å². The predicted octanol–water partition coefficient (Wildman–Crippen LogP) is 0.935. The van der Waals surface area contributed by atoms with Gasteiger partial charge in [-0.25, -0.2) is 4.39 Å². The molecule has 1 heterocycles. The summed E-state index contributed by atoms with van der Waals surface area (Å²) in [7, 11) is 0. The number of morpholine rings is 1. The van der Waals surface area contributed by atoms with Crippen LogP contribution >= 0.6 is 11.8 Å². The number of halogens is 1. The Hall–Kier alpha value is -0.290. The molecule has 1 rings (SSSR count). The molecular formula is C9H16FNO2S. The van der Waals surface area contributed by atoms with Gasteiger partial charge in [0.1, 0.15) is 12.8 Å². The van der Waals surface area contributed by atoms with E-state index in [1.165, 1.54) is 11.8 Å². The number of hydrogen-bond donors (Lipinski definition) is 0. The van der Waals surface area contributed by atoms with Crippen LogP contribution in [0, 0.1) is 0 Å². The topological polar surface area (TPSA) is 29.5 Å². The maximum absolute atomic E-state index is 12.3. The molecule has 1 aliphatic heterocycles. The Labute approximate surface area is 88.0 Å². The summed E-state index contributed by atoms with van der Waals surface area (Å²) in [6.07, 6.45) is 1.47. The van der Waals surface area contributed by atoms with Crippen LogP contribution in [-0.2, 0) is 9.53 Å². The summed E-state index contributed by atoms with van der Waals surface area (Å²) in [5.74, 6) is 0.0826. The second kappa shape index (κ2) is 5.56. The van der Waals surface area contributed by atoms with Gasteiger partial charge < -0.3 is 9.64 Å². The average Bonchev–Trinajstić information content (AvgIpc) is 2.27. The Bertz CT molecular complexity index is 203. The van der Waals surface area contributed by atoms with E-state index in [1.807, 2.05) is 13.2 Å². The molecule has 1 amide bonds. The van der Waals surface area contributed by atoms with Crippen molar-refractivity contribution >= 4 is 17.7 Å². The van der Waals surface area contributed by atoms with E-state index in [1.54, 1.807) is 4.90 Å². The van der Waals surface area contributed by atoms with Crippen LogP contribution in [-0.4, -0.2) is 54.8 Å². The van der Waals surface area contributed by atoms with Crippen molar-refractivity contribution in [2.24, 2.45) is 0 Å². The van der Waals surface area contributed by atoms with Gasteiger partial charge >= 0.3 is 0 Å². The smallest absolute Gasteiger partial charge is 0.235 e. The summed E-state index contributed by atoms with van der Waals surface area (Å²) in [5, 5.41) is -0.0478. The second-order valence-corrected chi connectivity index (χ2v) is 4.49. The number of ether oxygens (including phenoxy) is 1. The number of carbonyl (C=O) groups excluding carboxylic acids is 1. The van der Waals surface area contributed by atoms with Crippen LogP contribution in [0.15, 0.2) is 0 Å². The highest BCUT2D eigenvalue weighted by Crippen LogP contribution is 2.13. The van der Waals surface area contributed by atoms with E-state index in [0.717, 1.165) is 0 Å². The third-order valence-electron chi connectivity index (χ3n) is 2.32. The number of rotatable bonds is 3. The second-order valence-electron chi connectivity index (χ2n) is 3.31. The first kappa shape index (κ1) is 11.8. The van der Waals surface area contributed by atoms with Crippen molar-refractivity contribution in [1.82, 2.24) is 4.90 Å². The highest BCUT2D eigenvalue weighted by molar-refractivity contribution is 7.99. The summed E-state index contributed by atoms with van der Waals surface area (Å²) in [6, 6.07) is 0. The van der Waals surface area contributed by atoms with Crippen LogP contribution in [0.5, 0.6) is 0 Å². The van der Waals surface area contributed by atoms with E-state index in [4.69, 9.17) is 4.74 Å². The minimum absolute atomic E-state index is 0.0478. The largest absolute Gasteiger partial charge is 0.372 e. The van der Waals surface area contributed by atoms with E-state index in [-0.39, 0.29) is 11.2 Å². The SMILES string of the molecule is CSC(C)C(=O)N1CCOC(CF)C1. The summed E-state index contributed by atoms with van der Waals surface area (Å²) in [4.78, 5) is 13.4. The molecule has 82 valence electrons. The lowest BCUT2D eigenvalue weighted by molar-refractivity contribution is -0.138. The Morgan fingerprint density at radius 1 is 1.79 bits per heavy atom. The minimum Gasteiger partial charge on any atom is -0.372 e. The lowest BCUT2D eigenvalue weighted by Crippen LogP contribution is -2.48. The third-order valence-corrected chi connectivity index (χ3v) is 3.23. The highest BCUT2D eigenvalue weighted by atomic mass is 32.2. The third kappa shape index (κ3) is 2.85. The summed E-state index contributed by atoms with van der Waals surface area (Å²) >= 11 is 1.51. The quantitative estimate of drug-likeness (QED) is 0.710. The van der Waals surface area contributed by atoms with Crippen molar-refractivity contribution in [3.63, 3.8) is 0 Å². The Kier molecular flexibility index (Phi) is 4.68. The first-order chi connectivity index (χ1) is 6.69. The summed E-state index contributed by atoms with van der Waals surface area (Å²) < 4.78 is 17.5. The highest BCUT2D eigenvalue weighted by Gasteiger charge is 2.26. The number of thioether (sulfide) groups is 1. The van der Waals surface area contributed by atoms with Crippen LogP contribution in [0.2, 0.25) is 0 Å². The first-order valence-electron chi connectivity index (χ1n) is 4.68. The number of nitrogens with zero attached hydrogens (tertiary/aromatic N) is 1. The van der Waals surface area contributed by atoms with Gasteiger partial charge in [-0.2, -0.15) is 11.8 Å². The van der Waals surface area contributed by atoms with Gasteiger partial charge in [0.05, 0.1) is 11.9 Å². The Balaban J connectivity index is 2.47. The van der Waals surface area contributed by atoms with Crippen LogP contribution < -0.4 is 0 Å². The fraction of sp³-hybridized carbons (Fsp3) is 0.889. The van der Waals surface area contributed by atoms with E-state index in [9.17, 15) is 9.18 Å². The molecule has 0 bridgehead atoms. The molecule has 1 saturated heterocycles. The van der Waals surface area contributed by atoms with Gasteiger partial charge in [0.25, 0.3) is 0 Å². The van der Waals surface area contributed by atoms with E-state index < -0.39 is 12.8 Å². The molecule has 0 aromatic carbocycles. The molecule has 3 nitrogen and oxygen atoms in total. The van der Waals surface area contributed by atoms with Crippen molar-refractivity contribution in [3.8, 4) is 0 Å². The lowest BCUT2D eigenvalue weighted by atomic mass is 10.2. The summed E-state index contributed by atoms with van der Waals surface area (Å²) in [6.45, 7) is 2.77. The fourth-order valence-electron chi connectivity index (χ4n) is 1.37. The molecule has 5 heteroatoms. The zero-order valence-electron chi connectivity index (χ0n) is 8.53. The molecule has 14 heavy (non-hydrogen) atoms. The molecule has 0 aliphatic carbocycles. The number of amides is 1. The number of hydrogen-bond acceptors (Lipinski definition) is 3. The lowest BCUT2D eigenvalue weighted by Gasteiger charge is -2.33. The molecular weight excluding hydrogens is 205 g/mol. The van der Waals surface area contributed by atoms with Crippen LogP contribution in [0.1, 0.15) is 6.92 Å². The molecule has 0 radical (unpaired) electrons. The van der Waals surface area contributed by atoms with Gasteiger partial charge in [0.2, 0.25) is 5.91 Å².